The summed E-state index contributed by atoms with van der Waals surface area (Å²) in [6.45, 7) is 9.06. The van der Waals surface area contributed by atoms with Crippen molar-refractivity contribution in [3.8, 4) is 11.8 Å². The van der Waals surface area contributed by atoms with Crippen molar-refractivity contribution >= 4 is 0 Å². The molecule has 0 saturated heterocycles. The van der Waals surface area contributed by atoms with Crippen LogP contribution in [0.4, 0.5) is 0 Å². The van der Waals surface area contributed by atoms with Crippen LogP contribution in [0.25, 0.3) is 0 Å². The van der Waals surface area contributed by atoms with E-state index >= 15 is 0 Å². The number of hydrogen-bond acceptors (Lipinski definition) is 2. The van der Waals surface area contributed by atoms with E-state index in [0.29, 0.717) is 11.3 Å². The summed E-state index contributed by atoms with van der Waals surface area (Å²) in [7, 11) is 1.63. The quantitative estimate of drug-likeness (QED) is 0.749. The summed E-state index contributed by atoms with van der Waals surface area (Å²) in [5.74, 6) is 0.696. The molecule has 1 aliphatic carbocycles. The fraction of sp³-hybridized carbons (Fsp3) is 0.562. The molecule has 0 unspecified atom stereocenters. The normalized spacial score (nSPS) is 19.8. The standard InChI is InChI=1S/C16H21NO/c1-15(2)6-7-16(3,4)13-9-14(18-5)11(10-17)8-12(13)15/h8-9H,6-7H2,1-5H3. The predicted octanol–water partition coefficient (Wildman–Crippen LogP) is 3.92. The molecule has 1 aromatic rings. The zero-order valence-electron chi connectivity index (χ0n) is 11.9. The minimum atomic E-state index is 0.142. The number of hydrogen-bond donors (Lipinski definition) is 0. The number of fused-ring (bicyclic) bond motifs is 1. The maximum atomic E-state index is 9.22. The Bertz CT molecular complexity index is 521. The molecule has 0 saturated carbocycles. The Morgan fingerprint density at radius 1 is 1.06 bits per heavy atom. The van der Waals surface area contributed by atoms with Gasteiger partial charge < -0.3 is 4.74 Å². The van der Waals surface area contributed by atoms with Gasteiger partial charge in [0.1, 0.15) is 11.8 Å². The minimum absolute atomic E-state index is 0.142. The Labute approximate surface area is 110 Å². The van der Waals surface area contributed by atoms with Gasteiger partial charge >= 0.3 is 0 Å². The number of nitriles is 1. The first kappa shape index (κ1) is 13.0. The minimum Gasteiger partial charge on any atom is -0.495 e. The first-order valence-corrected chi connectivity index (χ1v) is 6.45. The van der Waals surface area contributed by atoms with E-state index in [1.54, 1.807) is 7.11 Å². The molecule has 1 aliphatic rings. The van der Waals surface area contributed by atoms with Gasteiger partial charge in [-0.15, -0.1) is 0 Å². The number of methoxy groups -OCH3 is 1. The predicted molar refractivity (Wildman–Crippen MR) is 73.0 cm³/mol. The summed E-state index contributed by atoms with van der Waals surface area (Å²) in [5, 5.41) is 9.22. The number of benzene rings is 1. The van der Waals surface area contributed by atoms with Crippen molar-refractivity contribution in [2.24, 2.45) is 0 Å². The lowest BCUT2D eigenvalue weighted by atomic mass is 9.63. The monoisotopic (exact) mass is 243 g/mol. The average Bonchev–Trinajstić information content (AvgIpc) is 2.33. The zero-order chi connectivity index (χ0) is 13.6. The molecule has 0 N–H and O–H groups in total. The second-order valence-electron chi connectivity index (χ2n) is 6.48. The van der Waals surface area contributed by atoms with Crippen LogP contribution in [0.15, 0.2) is 12.1 Å². The maximum absolute atomic E-state index is 9.22. The molecule has 0 heterocycles. The van der Waals surface area contributed by atoms with Crippen molar-refractivity contribution in [2.75, 3.05) is 7.11 Å². The van der Waals surface area contributed by atoms with Crippen LogP contribution in [-0.2, 0) is 10.8 Å². The van der Waals surface area contributed by atoms with Crippen molar-refractivity contribution in [1.82, 2.24) is 0 Å². The van der Waals surface area contributed by atoms with E-state index in [-0.39, 0.29) is 10.8 Å². The molecule has 0 aromatic heterocycles. The fourth-order valence-corrected chi connectivity index (χ4v) is 2.85. The van der Waals surface area contributed by atoms with Crippen LogP contribution in [-0.4, -0.2) is 7.11 Å². The second-order valence-corrected chi connectivity index (χ2v) is 6.48. The Kier molecular flexibility index (Phi) is 2.89. The highest BCUT2D eigenvalue weighted by Gasteiger charge is 2.37. The van der Waals surface area contributed by atoms with Gasteiger partial charge in [0.2, 0.25) is 0 Å². The smallest absolute Gasteiger partial charge is 0.136 e. The lowest BCUT2D eigenvalue weighted by Crippen LogP contribution is -2.34. The summed E-state index contributed by atoms with van der Waals surface area (Å²) < 4.78 is 5.34. The average molecular weight is 243 g/mol. The molecule has 0 radical (unpaired) electrons. The molecule has 2 heteroatoms. The van der Waals surface area contributed by atoms with Gasteiger partial charge in [-0.3, -0.25) is 0 Å². The van der Waals surface area contributed by atoms with Crippen LogP contribution >= 0.6 is 0 Å². The first-order valence-electron chi connectivity index (χ1n) is 6.45. The number of nitrogens with zero attached hydrogens (tertiary/aromatic N) is 1. The van der Waals surface area contributed by atoms with E-state index < -0.39 is 0 Å². The largest absolute Gasteiger partial charge is 0.495 e. The van der Waals surface area contributed by atoms with Gasteiger partial charge in [0, 0.05) is 0 Å². The first-order chi connectivity index (χ1) is 8.31. The highest BCUT2D eigenvalue weighted by atomic mass is 16.5. The molecule has 18 heavy (non-hydrogen) atoms. The fourth-order valence-electron chi connectivity index (χ4n) is 2.85. The summed E-state index contributed by atoms with van der Waals surface area (Å²) in [5.41, 5.74) is 3.57. The molecule has 0 amide bonds. The van der Waals surface area contributed by atoms with E-state index in [2.05, 4.69) is 39.8 Å². The van der Waals surface area contributed by atoms with Gasteiger partial charge in [-0.2, -0.15) is 5.26 Å². The van der Waals surface area contributed by atoms with E-state index in [1.807, 2.05) is 6.07 Å². The molecule has 2 rings (SSSR count). The molecule has 96 valence electrons. The molecule has 2 nitrogen and oxygen atoms in total. The van der Waals surface area contributed by atoms with E-state index in [0.717, 1.165) is 6.42 Å². The van der Waals surface area contributed by atoms with E-state index in [4.69, 9.17) is 4.74 Å². The summed E-state index contributed by atoms with van der Waals surface area (Å²) in [6.07, 6.45) is 2.33. The maximum Gasteiger partial charge on any atom is 0.136 e. The van der Waals surface area contributed by atoms with E-state index in [9.17, 15) is 5.26 Å². The molecule has 0 bridgehead atoms. The Balaban J connectivity index is 2.73. The molecular weight excluding hydrogens is 222 g/mol. The van der Waals surface area contributed by atoms with E-state index in [1.165, 1.54) is 17.5 Å². The highest BCUT2D eigenvalue weighted by molar-refractivity contribution is 5.54. The van der Waals surface area contributed by atoms with Crippen LogP contribution in [0.5, 0.6) is 5.75 Å². The lowest BCUT2D eigenvalue weighted by molar-refractivity contribution is 0.328. The third-order valence-electron chi connectivity index (χ3n) is 4.29. The summed E-state index contributed by atoms with van der Waals surface area (Å²) >= 11 is 0. The van der Waals surface area contributed by atoms with Gasteiger partial charge in [-0.25, -0.2) is 0 Å². The van der Waals surface area contributed by atoms with Gasteiger partial charge in [0.25, 0.3) is 0 Å². The number of ether oxygens (including phenoxy) is 1. The van der Waals surface area contributed by atoms with Crippen molar-refractivity contribution in [3.63, 3.8) is 0 Å². The molecule has 0 aliphatic heterocycles. The van der Waals surface area contributed by atoms with Gasteiger partial charge in [0.05, 0.1) is 12.7 Å². The second kappa shape index (κ2) is 4.02. The van der Waals surface area contributed by atoms with Gasteiger partial charge in [-0.05, 0) is 46.9 Å². The van der Waals surface area contributed by atoms with Crippen molar-refractivity contribution in [1.29, 1.82) is 5.26 Å². The zero-order valence-corrected chi connectivity index (χ0v) is 11.9. The molecule has 0 atom stereocenters. The topological polar surface area (TPSA) is 33.0 Å². The molecule has 0 spiro atoms. The van der Waals surface area contributed by atoms with Gasteiger partial charge in [-0.1, -0.05) is 27.7 Å². The third-order valence-corrected chi connectivity index (χ3v) is 4.29. The Morgan fingerprint density at radius 2 is 1.56 bits per heavy atom. The van der Waals surface area contributed by atoms with Crippen LogP contribution in [0.2, 0.25) is 0 Å². The third kappa shape index (κ3) is 1.88. The number of rotatable bonds is 1. The van der Waals surface area contributed by atoms with Crippen LogP contribution < -0.4 is 4.74 Å². The van der Waals surface area contributed by atoms with Gasteiger partial charge in [0.15, 0.2) is 0 Å². The van der Waals surface area contributed by atoms with Crippen molar-refractivity contribution < 1.29 is 4.74 Å². The van der Waals surface area contributed by atoms with Crippen LogP contribution in [0, 0.1) is 11.3 Å². The molecular formula is C16H21NO. The Hall–Kier alpha value is -1.49. The highest BCUT2D eigenvalue weighted by Crippen LogP contribution is 2.47. The SMILES string of the molecule is COc1cc2c(cc1C#N)C(C)(C)CCC2(C)C. The summed E-state index contributed by atoms with van der Waals surface area (Å²) in [6, 6.07) is 6.32. The van der Waals surface area contributed by atoms with Crippen LogP contribution in [0.1, 0.15) is 57.2 Å². The molecule has 0 fully saturated rings. The van der Waals surface area contributed by atoms with Crippen molar-refractivity contribution in [3.05, 3.63) is 28.8 Å². The van der Waals surface area contributed by atoms with Crippen LogP contribution in [0.3, 0.4) is 0 Å². The lowest BCUT2D eigenvalue weighted by Gasteiger charge is -2.42. The van der Waals surface area contributed by atoms with Crippen molar-refractivity contribution in [2.45, 2.75) is 51.4 Å². The summed E-state index contributed by atoms with van der Waals surface area (Å²) in [4.78, 5) is 0. The molecule has 1 aromatic carbocycles. The Morgan fingerprint density at radius 3 is 2.00 bits per heavy atom.